The van der Waals surface area contributed by atoms with E-state index in [4.69, 9.17) is 11.6 Å². The monoisotopic (exact) mass is 342 g/mol. The first-order valence-corrected chi connectivity index (χ1v) is 8.29. The summed E-state index contributed by atoms with van der Waals surface area (Å²) in [4.78, 5) is 26.0. The van der Waals surface area contributed by atoms with Crippen molar-refractivity contribution in [3.63, 3.8) is 0 Å². The van der Waals surface area contributed by atoms with E-state index in [2.05, 4.69) is 5.32 Å². The molecule has 4 nitrogen and oxygen atoms in total. The normalized spacial score (nSPS) is 17.2. The van der Waals surface area contributed by atoms with Crippen molar-refractivity contribution in [1.29, 1.82) is 0 Å². The summed E-state index contributed by atoms with van der Waals surface area (Å²) in [7, 11) is 0. The van der Waals surface area contributed by atoms with Gasteiger partial charge >= 0.3 is 0 Å². The number of anilines is 1. The summed E-state index contributed by atoms with van der Waals surface area (Å²) in [5.74, 6) is -0.0433. The Labute approximate surface area is 146 Å². The van der Waals surface area contributed by atoms with E-state index in [9.17, 15) is 9.59 Å². The fraction of sp³-hybridized carbons (Fsp3) is 0.263. The number of likely N-dealkylation sites (tertiary alicyclic amines) is 1. The van der Waals surface area contributed by atoms with Gasteiger partial charge in [0.25, 0.3) is 0 Å². The van der Waals surface area contributed by atoms with E-state index in [0.29, 0.717) is 23.7 Å². The second-order valence-electron chi connectivity index (χ2n) is 6.10. The third kappa shape index (κ3) is 3.77. The zero-order valence-corrected chi connectivity index (χ0v) is 14.2. The van der Waals surface area contributed by atoms with Gasteiger partial charge in [-0.3, -0.25) is 9.59 Å². The van der Waals surface area contributed by atoms with Crippen LogP contribution in [0.1, 0.15) is 23.5 Å². The summed E-state index contributed by atoms with van der Waals surface area (Å²) >= 11 is 6.06. The third-order valence-corrected chi connectivity index (χ3v) is 4.68. The Morgan fingerprint density at radius 2 is 2.00 bits per heavy atom. The Morgan fingerprint density at radius 1 is 1.25 bits per heavy atom. The molecular weight excluding hydrogens is 324 g/mol. The molecule has 1 heterocycles. The van der Waals surface area contributed by atoms with Gasteiger partial charge in [-0.15, -0.1) is 0 Å². The van der Waals surface area contributed by atoms with Gasteiger partial charge in [0.2, 0.25) is 11.8 Å². The van der Waals surface area contributed by atoms with Crippen LogP contribution >= 0.6 is 11.6 Å². The van der Waals surface area contributed by atoms with Crippen LogP contribution in [0.25, 0.3) is 0 Å². The first-order valence-electron chi connectivity index (χ1n) is 7.91. The SMILES string of the molecule is Cc1ccc(NC(=O)CN2C[C@@H](c3ccccc3)CC2=O)cc1Cl. The molecule has 0 aromatic heterocycles. The minimum Gasteiger partial charge on any atom is -0.333 e. The quantitative estimate of drug-likeness (QED) is 0.922. The Kier molecular flexibility index (Phi) is 4.86. The Balaban J connectivity index is 1.60. The summed E-state index contributed by atoms with van der Waals surface area (Å²) in [5, 5.41) is 3.40. The maximum atomic E-state index is 12.2. The molecule has 0 unspecified atom stereocenters. The van der Waals surface area contributed by atoms with E-state index >= 15 is 0 Å². The molecule has 124 valence electrons. The van der Waals surface area contributed by atoms with Gasteiger partial charge in [-0.25, -0.2) is 0 Å². The highest BCUT2D eigenvalue weighted by Gasteiger charge is 2.31. The van der Waals surface area contributed by atoms with Gasteiger partial charge in [0, 0.05) is 29.6 Å². The number of aryl methyl sites for hydroxylation is 1. The van der Waals surface area contributed by atoms with Gasteiger partial charge in [0.1, 0.15) is 0 Å². The van der Waals surface area contributed by atoms with E-state index in [1.165, 1.54) is 0 Å². The van der Waals surface area contributed by atoms with Gasteiger partial charge < -0.3 is 10.2 Å². The van der Waals surface area contributed by atoms with Crippen molar-refractivity contribution in [3.8, 4) is 0 Å². The lowest BCUT2D eigenvalue weighted by molar-refractivity contribution is -0.131. The van der Waals surface area contributed by atoms with Crippen molar-refractivity contribution in [1.82, 2.24) is 4.90 Å². The van der Waals surface area contributed by atoms with Crippen molar-refractivity contribution in [2.45, 2.75) is 19.3 Å². The molecule has 2 amide bonds. The Morgan fingerprint density at radius 3 is 2.71 bits per heavy atom. The molecule has 1 aliphatic rings. The van der Waals surface area contributed by atoms with Crippen LogP contribution in [0.4, 0.5) is 5.69 Å². The van der Waals surface area contributed by atoms with Crippen molar-refractivity contribution in [2.24, 2.45) is 0 Å². The maximum absolute atomic E-state index is 12.2. The number of rotatable bonds is 4. The summed E-state index contributed by atoms with van der Waals surface area (Å²) in [6.07, 6.45) is 0.452. The molecule has 1 atom stereocenters. The number of halogens is 1. The molecule has 0 bridgehead atoms. The van der Waals surface area contributed by atoms with Crippen molar-refractivity contribution < 1.29 is 9.59 Å². The summed E-state index contributed by atoms with van der Waals surface area (Å²) in [6.45, 7) is 2.54. The molecule has 5 heteroatoms. The van der Waals surface area contributed by atoms with Crippen molar-refractivity contribution >= 4 is 29.1 Å². The molecule has 0 aliphatic carbocycles. The number of hydrogen-bond donors (Lipinski definition) is 1. The molecule has 1 saturated heterocycles. The lowest BCUT2D eigenvalue weighted by Crippen LogP contribution is -2.34. The highest BCUT2D eigenvalue weighted by atomic mass is 35.5. The topological polar surface area (TPSA) is 49.4 Å². The zero-order chi connectivity index (χ0) is 17.1. The highest BCUT2D eigenvalue weighted by molar-refractivity contribution is 6.31. The molecule has 24 heavy (non-hydrogen) atoms. The predicted molar refractivity (Wildman–Crippen MR) is 95.2 cm³/mol. The minimum absolute atomic E-state index is 0.0148. The molecule has 0 saturated carbocycles. The second kappa shape index (κ2) is 7.05. The van der Waals surface area contributed by atoms with E-state index in [1.54, 1.807) is 17.0 Å². The Hall–Kier alpha value is -2.33. The minimum atomic E-state index is -0.211. The van der Waals surface area contributed by atoms with Crippen LogP contribution in [0.2, 0.25) is 5.02 Å². The van der Waals surface area contributed by atoms with E-state index in [0.717, 1.165) is 11.1 Å². The summed E-state index contributed by atoms with van der Waals surface area (Å²) < 4.78 is 0. The maximum Gasteiger partial charge on any atom is 0.243 e. The van der Waals surface area contributed by atoms with Crippen LogP contribution in [0.3, 0.4) is 0 Å². The highest BCUT2D eigenvalue weighted by Crippen LogP contribution is 2.28. The smallest absolute Gasteiger partial charge is 0.243 e. The van der Waals surface area contributed by atoms with Crippen molar-refractivity contribution in [3.05, 3.63) is 64.7 Å². The van der Waals surface area contributed by atoms with Crippen LogP contribution in [0, 0.1) is 6.92 Å². The van der Waals surface area contributed by atoms with Crippen LogP contribution in [-0.4, -0.2) is 29.8 Å². The number of carbonyl (C=O) groups is 2. The summed E-state index contributed by atoms with van der Waals surface area (Å²) in [5.41, 5.74) is 2.73. The zero-order valence-electron chi connectivity index (χ0n) is 13.5. The largest absolute Gasteiger partial charge is 0.333 e. The molecule has 0 radical (unpaired) electrons. The number of amides is 2. The Bertz CT molecular complexity index is 761. The fourth-order valence-electron chi connectivity index (χ4n) is 2.92. The lowest BCUT2D eigenvalue weighted by Gasteiger charge is -2.16. The average Bonchev–Trinajstić information content (AvgIpc) is 2.93. The number of nitrogens with one attached hydrogen (secondary N) is 1. The number of hydrogen-bond acceptors (Lipinski definition) is 2. The van der Waals surface area contributed by atoms with Crippen LogP contribution in [-0.2, 0) is 9.59 Å². The van der Waals surface area contributed by atoms with Gasteiger partial charge in [0.05, 0.1) is 6.54 Å². The van der Waals surface area contributed by atoms with Crippen LogP contribution in [0.5, 0.6) is 0 Å². The molecule has 3 rings (SSSR count). The lowest BCUT2D eigenvalue weighted by atomic mass is 9.99. The van der Waals surface area contributed by atoms with E-state index in [1.807, 2.05) is 43.3 Å². The molecule has 1 aliphatic heterocycles. The number of nitrogens with zero attached hydrogens (tertiary/aromatic N) is 1. The standard InChI is InChI=1S/C19H19ClN2O2/c1-13-7-8-16(10-17(13)20)21-18(23)12-22-11-15(9-19(22)24)14-5-3-2-4-6-14/h2-8,10,15H,9,11-12H2,1H3,(H,21,23)/t15-/m0/s1. The first-order chi connectivity index (χ1) is 11.5. The molecular formula is C19H19ClN2O2. The van der Waals surface area contributed by atoms with Crippen LogP contribution < -0.4 is 5.32 Å². The summed E-state index contributed by atoms with van der Waals surface area (Å²) in [6, 6.07) is 15.3. The van der Waals surface area contributed by atoms with Gasteiger partial charge in [-0.05, 0) is 30.2 Å². The predicted octanol–water partition coefficient (Wildman–Crippen LogP) is 3.60. The van der Waals surface area contributed by atoms with Gasteiger partial charge in [0.15, 0.2) is 0 Å². The van der Waals surface area contributed by atoms with E-state index < -0.39 is 0 Å². The average molecular weight is 343 g/mol. The first kappa shape index (κ1) is 16.5. The van der Waals surface area contributed by atoms with E-state index in [-0.39, 0.29) is 24.3 Å². The fourth-order valence-corrected chi connectivity index (χ4v) is 3.10. The van der Waals surface area contributed by atoms with Gasteiger partial charge in [-0.2, -0.15) is 0 Å². The van der Waals surface area contributed by atoms with Crippen molar-refractivity contribution in [2.75, 3.05) is 18.4 Å². The second-order valence-corrected chi connectivity index (χ2v) is 6.51. The molecule has 2 aromatic carbocycles. The van der Waals surface area contributed by atoms with Gasteiger partial charge in [-0.1, -0.05) is 48.0 Å². The third-order valence-electron chi connectivity index (χ3n) is 4.28. The molecule has 0 spiro atoms. The number of benzene rings is 2. The molecule has 1 fully saturated rings. The molecule has 1 N–H and O–H groups in total. The van der Waals surface area contributed by atoms with Crippen LogP contribution in [0.15, 0.2) is 48.5 Å². The molecule has 2 aromatic rings. The number of carbonyl (C=O) groups excluding carboxylic acids is 2.